The van der Waals surface area contributed by atoms with Crippen molar-refractivity contribution in [3.8, 4) is 11.5 Å². The molecule has 0 atom stereocenters. The molecule has 5 heteroatoms. The van der Waals surface area contributed by atoms with Crippen molar-refractivity contribution >= 4 is 17.8 Å². The molecule has 4 rings (SSSR count). The van der Waals surface area contributed by atoms with Crippen molar-refractivity contribution < 1.29 is 23.8 Å². The summed E-state index contributed by atoms with van der Waals surface area (Å²) in [5.74, 6) is 0.889. The van der Waals surface area contributed by atoms with E-state index in [-0.39, 0.29) is 24.8 Å². The molecule has 1 aliphatic heterocycles. The van der Waals surface area contributed by atoms with Gasteiger partial charge >= 0.3 is 5.97 Å². The fourth-order valence-electron chi connectivity index (χ4n) is 3.31. The van der Waals surface area contributed by atoms with Gasteiger partial charge in [0.1, 0.15) is 18.1 Å². The van der Waals surface area contributed by atoms with E-state index in [4.69, 9.17) is 14.2 Å². The number of ether oxygens (including phenoxy) is 3. The number of hydrogen-bond donors (Lipinski definition) is 0. The van der Waals surface area contributed by atoms with Crippen LogP contribution in [-0.4, -0.2) is 18.4 Å². The average Bonchev–Trinajstić information content (AvgIpc) is 3.11. The van der Waals surface area contributed by atoms with Crippen molar-refractivity contribution in [2.24, 2.45) is 0 Å². The highest BCUT2D eigenvalue weighted by molar-refractivity contribution is 6.14. The maximum absolute atomic E-state index is 12.7. The summed E-state index contributed by atoms with van der Waals surface area (Å²) < 4.78 is 16.5. The number of hydrogen-bond acceptors (Lipinski definition) is 5. The first-order valence-corrected chi connectivity index (χ1v) is 10.5. The van der Waals surface area contributed by atoms with Gasteiger partial charge in [0.05, 0.1) is 5.56 Å². The highest BCUT2D eigenvalue weighted by Crippen LogP contribution is 2.35. The molecule has 0 bridgehead atoms. The van der Waals surface area contributed by atoms with Gasteiger partial charge in [0.15, 0.2) is 12.4 Å². The second-order valence-corrected chi connectivity index (χ2v) is 7.85. The van der Waals surface area contributed by atoms with Crippen LogP contribution in [0.3, 0.4) is 0 Å². The number of allylic oxidation sites excluding steroid dienone is 1. The van der Waals surface area contributed by atoms with Gasteiger partial charge in [-0.05, 0) is 40.8 Å². The Balaban J connectivity index is 1.36. The SMILES string of the molecule is CC(C)c1ccc(/C=C2\Oc3cc(OCC(=O)OCc4ccccc4)ccc3C2=O)cc1. The van der Waals surface area contributed by atoms with E-state index < -0.39 is 5.97 Å². The number of rotatable bonds is 7. The molecule has 0 spiro atoms. The van der Waals surface area contributed by atoms with E-state index in [1.807, 2.05) is 54.6 Å². The van der Waals surface area contributed by atoms with Gasteiger partial charge in [-0.2, -0.15) is 0 Å². The van der Waals surface area contributed by atoms with Crippen molar-refractivity contribution in [3.63, 3.8) is 0 Å². The molecule has 0 unspecified atom stereocenters. The summed E-state index contributed by atoms with van der Waals surface area (Å²) in [6, 6.07) is 22.4. The Hall–Kier alpha value is -3.86. The Morgan fingerprint density at radius 3 is 2.47 bits per heavy atom. The van der Waals surface area contributed by atoms with Gasteiger partial charge in [-0.1, -0.05) is 68.4 Å². The molecule has 1 aliphatic rings. The molecule has 1 heterocycles. The number of benzene rings is 3. The summed E-state index contributed by atoms with van der Waals surface area (Å²) in [5.41, 5.74) is 3.50. The molecule has 32 heavy (non-hydrogen) atoms. The number of Topliss-reactive ketones (excluding diaryl/α,β-unsaturated/α-hetero) is 1. The average molecular weight is 428 g/mol. The van der Waals surface area contributed by atoms with Crippen molar-refractivity contribution in [2.45, 2.75) is 26.4 Å². The van der Waals surface area contributed by atoms with Crippen LogP contribution in [0.15, 0.2) is 78.6 Å². The third kappa shape index (κ3) is 5.06. The van der Waals surface area contributed by atoms with E-state index in [0.717, 1.165) is 11.1 Å². The van der Waals surface area contributed by atoms with Crippen molar-refractivity contribution in [1.29, 1.82) is 0 Å². The van der Waals surface area contributed by atoms with Crippen LogP contribution < -0.4 is 9.47 Å². The van der Waals surface area contributed by atoms with E-state index >= 15 is 0 Å². The molecule has 3 aromatic rings. The van der Waals surface area contributed by atoms with E-state index in [2.05, 4.69) is 13.8 Å². The standard InChI is InChI=1S/C27H24O5/c1-18(2)21-10-8-19(9-11-21)14-25-27(29)23-13-12-22(15-24(23)32-25)30-17-26(28)31-16-20-6-4-3-5-7-20/h3-15,18H,16-17H2,1-2H3/b25-14-. The molecule has 0 aliphatic carbocycles. The van der Waals surface area contributed by atoms with Crippen LogP contribution in [0.4, 0.5) is 0 Å². The molecule has 0 N–H and O–H groups in total. The van der Waals surface area contributed by atoms with Crippen LogP contribution in [0.1, 0.15) is 46.8 Å². The van der Waals surface area contributed by atoms with Crippen LogP contribution in [0.5, 0.6) is 11.5 Å². The highest BCUT2D eigenvalue weighted by Gasteiger charge is 2.27. The Labute approximate surface area is 187 Å². The quantitative estimate of drug-likeness (QED) is 0.365. The second kappa shape index (κ2) is 9.52. The lowest BCUT2D eigenvalue weighted by Gasteiger charge is -2.08. The number of fused-ring (bicyclic) bond motifs is 1. The number of esters is 1. The number of carbonyl (C=O) groups excluding carboxylic acids is 2. The Kier molecular flexibility index (Phi) is 6.36. The lowest BCUT2D eigenvalue weighted by Crippen LogP contribution is -2.14. The van der Waals surface area contributed by atoms with Gasteiger partial charge in [0.25, 0.3) is 0 Å². The van der Waals surface area contributed by atoms with E-state index in [1.165, 1.54) is 5.56 Å². The first-order chi connectivity index (χ1) is 15.5. The molecule has 162 valence electrons. The maximum atomic E-state index is 12.7. The molecule has 0 amide bonds. The predicted octanol–water partition coefficient (Wildman–Crippen LogP) is 5.55. The minimum Gasteiger partial charge on any atom is -0.482 e. The third-order valence-electron chi connectivity index (χ3n) is 5.14. The Bertz CT molecular complexity index is 1140. The third-order valence-corrected chi connectivity index (χ3v) is 5.14. The minimum absolute atomic E-state index is 0.179. The van der Waals surface area contributed by atoms with Gasteiger partial charge in [0.2, 0.25) is 5.78 Å². The fourth-order valence-corrected chi connectivity index (χ4v) is 3.31. The van der Waals surface area contributed by atoms with Crippen molar-refractivity contribution in [1.82, 2.24) is 0 Å². The minimum atomic E-state index is -0.475. The monoisotopic (exact) mass is 428 g/mol. The van der Waals surface area contributed by atoms with Gasteiger partial charge < -0.3 is 14.2 Å². The molecule has 0 saturated carbocycles. The molecule has 0 radical (unpaired) electrons. The number of ketones is 1. The van der Waals surface area contributed by atoms with Crippen LogP contribution in [0, 0.1) is 0 Å². The molecule has 0 aromatic heterocycles. The largest absolute Gasteiger partial charge is 0.482 e. The normalized spacial score (nSPS) is 13.7. The summed E-state index contributed by atoms with van der Waals surface area (Å²) in [6.07, 6.45) is 1.73. The van der Waals surface area contributed by atoms with Gasteiger partial charge in [-0.25, -0.2) is 4.79 Å². The molecule has 3 aromatic carbocycles. The van der Waals surface area contributed by atoms with Crippen LogP contribution in [0.25, 0.3) is 6.08 Å². The highest BCUT2D eigenvalue weighted by atomic mass is 16.6. The van der Waals surface area contributed by atoms with Crippen LogP contribution in [0.2, 0.25) is 0 Å². The lowest BCUT2D eigenvalue weighted by atomic mass is 10.0. The van der Waals surface area contributed by atoms with E-state index in [9.17, 15) is 9.59 Å². The first-order valence-electron chi connectivity index (χ1n) is 10.5. The van der Waals surface area contributed by atoms with Crippen LogP contribution in [-0.2, 0) is 16.1 Å². The summed E-state index contributed by atoms with van der Waals surface area (Å²) in [5, 5.41) is 0. The fraction of sp³-hybridized carbons (Fsp3) is 0.185. The predicted molar refractivity (Wildman–Crippen MR) is 122 cm³/mol. The van der Waals surface area contributed by atoms with Gasteiger partial charge in [-0.15, -0.1) is 0 Å². The summed E-state index contributed by atoms with van der Waals surface area (Å²) in [4.78, 5) is 24.6. The van der Waals surface area contributed by atoms with E-state index in [0.29, 0.717) is 23.0 Å². The lowest BCUT2D eigenvalue weighted by molar-refractivity contribution is -0.147. The maximum Gasteiger partial charge on any atom is 0.344 e. The summed E-state index contributed by atoms with van der Waals surface area (Å²) in [6.45, 7) is 4.23. The zero-order valence-corrected chi connectivity index (χ0v) is 18.0. The van der Waals surface area contributed by atoms with Crippen molar-refractivity contribution in [3.05, 3.63) is 101 Å². The second-order valence-electron chi connectivity index (χ2n) is 7.85. The topological polar surface area (TPSA) is 61.8 Å². The first kappa shape index (κ1) is 21.4. The molecular weight excluding hydrogens is 404 g/mol. The number of carbonyl (C=O) groups is 2. The summed E-state index contributed by atoms with van der Waals surface area (Å²) >= 11 is 0. The zero-order chi connectivity index (χ0) is 22.5. The Morgan fingerprint density at radius 2 is 1.75 bits per heavy atom. The Morgan fingerprint density at radius 1 is 1.00 bits per heavy atom. The van der Waals surface area contributed by atoms with Crippen LogP contribution >= 0.6 is 0 Å². The molecule has 0 saturated heterocycles. The smallest absolute Gasteiger partial charge is 0.344 e. The summed E-state index contributed by atoms with van der Waals surface area (Å²) in [7, 11) is 0. The van der Waals surface area contributed by atoms with Gasteiger partial charge in [0, 0.05) is 6.07 Å². The van der Waals surface area contributed by atoms with E-state index in [1.54, 1.807) is 24.3 Å². The van der Waals surface area contributed by atoms with Gasteiger partial charge in [-0.3, -0.25) is 4.79 Å². The molecule has 0 fully saturated rings. The van der Waals surface area contributed by atoms with Crippen molar-refractivity contribution in [2.75, 3.05) is 6.61 Å². The molecule has 5 nitrogen and oxygen atoms in total. The molecular formula is C27H24O5. The zero-order valence-electron chi connectivity index (χ0n) is 18.0.